The highest BCUT2D eigenvalue weighted by Gasteiger charge is 2.42. The number of hydrogen-bond acceptors (Lipinski definition) is 3. The van der Waals surface area contributed by atoms with Crippen LogP contribution in [-0.2, 0) is 5.41 Å². The molecule has 2 N–H and O–H groups in total. The summed E-state index contributed by atoms with van der Waals surface area (Å²) in [5.74, 6) is -1.01. The zero-order valence-corrected chi connectivity index (χ0v) is 17.6. The topological polar surface area (TPSA) is 48.1 Å². The van der Waals surface area contributed by atoms with E-state index in [1.165, 1.54) is 12.1 Å². The predicted octanol–water partition coefficient (Wildman–Crippen LogP) is 6.16. The molecule has 1 aliphatic carbocycles. The molecule has 0 radical (unpaired) electrons. The molecule has 0 bridgehead atoms. The molecule has 1 atom stereocenters. The molecule has 1 heterocycles. The Labute approximate surface area is 180 Å². The Morgan fingerprint density at radius 2 is 1.90 bits per heavy atom. The first kappa shape index (κ1) is 21.0. The number of rotatable bonds is 5. The lowest BCUT2D eigenvalue weighted by Crippen LogP contribution is -2.49. The summed E-state index contributed by atoms with van der Waals surface area (Å²) in [5, 5.41) is 2.53. The minimum Gasteiger partial charge on any atom is -0.489 e. The summed E-state index contributed by atoms with van der Waals surface area (Å²) in [7, 11) is 0. The van der Waals surface area contributed by atoms with Gasteiger partial charge in [0.25, 0.3) is 0 Å². The van der Waals surface area contributed by atoms with Gasteiger partial charge in [-0.15, -0.1) is 0 Å². The third kappa shape index (κ3) is 3.88. The van der Waals surface area contributed by atoms with Gasteiger partial charge in [-0.2, -0.15) is 0 Å². The third-order valence-electron chi connectivity index (χ3n) is 6.45. The minimum atomic E-state index is -0.836. The van der Waals surface area contributed by atoms with Crippen LogP contribution in [0.15, 0.2) is 48.8 Å². The quantitative estimate of drug-likeness (QED) is 0.527. The first-order valence-corrected chi connectivity index (χ1v) is 10.7. The number of fused-ring (bicyclic) bond motifs is 1. The molecule has 3 nitrogen and oxygen atoms in total. The number of aromatic nitrogens is 1. The normalized spacial score (nSPS) is 22.8. The second-order valence-electron chi connectivity index (χ2n) is 8.12. The second kappa shape index (κ2) is 8.48. The van der Waals surface area contributed by atoms with Gasteiger partial charge in [0.1, 0.15) is 5.75 Å². The SMILES string of the molecule is CC[C@H](N)[C@]1(c2ccc(F)c(F)c2)CC[C@H](Oc2cc3ccncc3cc2Cl)CC1. The van der Waals surface area contributed by atoms with E-state index >= 15 is 0 Å². The van der Waals surface area contributed by atoms with E-state index in [2.05, 4.69) is 4.98 Å². The van der Waals surface area contributed by atoms with E-state index in [1.54, 1.807) is 18.5 Å². The third-order valence-corrected chi connectivity index (χ3v) is 6.75. The van der Waals surface area contributed by atoms with Crippen molar-refractivity contribution in [3.05, 3.63) is 71.0 Å². The second-order valence-corrected chi connectivity index (χ2v) is 8.53. The molecule has 0 amide bonds. The number of halogens is 3. The van der Waals surface area contributed by atoms with Crippen LogP contribution in [-0.4, -0.2) is 17.1 Å². The Kier molecular flexibility index (Phi) is 5.94. The summed E-state index contributed by atoms with van der Waals surface area (Å²) < 4.78 is 33.7. The van der Waals surface area contributed by atoms with Gasteiger partial charge in [0.15, 0.2) is 11.6 Å². The molecule has 1 aliphatic rings. The Morgan fingerprint density at radius 1 is 1.13 bits per heavy atom. The van der Waals surface area contributed by atoms with Crippen molar-refractivity contribution in [2.75, 3.05) is 0 Å². The molecule has 3 aromatic rings. The van der Waals surface area contributed by atoms with E-state index in [0.29, 0.717) is 10.8 Å². The molecular weight excluding hydrogens is 406 g/mol. The standard InChI is InChI=1S/C24H25ClF2N2O/c1-2-23(28)24(17-3-4-20(26)21(27)13-17)8-5-18(6-9-24)30-22-12-15-7-10-29-14-16(15)11-19(22)25/h3-4,7,10-14,18,23H,2,5-6,8-9,28H2,1H3/t18-,23-,24+/m0/s1. The van der Waals surface area contributed by atoms with E-state index < -0.39 is 11.6 Å². The number of benzene rings is 2. The number of nitrogens with zero attached hydrogens (tertiary/aromatic N) is 1. The average molecular weight is 431 g/mol. The van der Waals surface area contributed by atoms with Crippen LogP contribution in [0.1, 0.15) is 44.6 Å². The van der Waals surface area contributed by atoms with Gasteiger partial charge in [0.2, 0.25) is 0 Å². The molecule has 0 spiro atoms. The molecule has 1 fully saturated rings. The van der Waals surface area contributed by atoms with Crippen LogP contribution in [0.5, 0.6) is 5.75 Å². The summed E-state index contributed by atoms with van der Waals surface area (Å²) >= 11 is 6.43. The summed E-state index contributed by atoms with van der Waals surface area (Å²) in [4.78, 5) is 4.12. The maximum atomic E-state index is 13.9. The molecule has 6 heteroatoms. The molecule has 4 rings (SSSR count). The van der Waals surface area contributed by atoms with Gasteiger partial charge in [-0.1, -0.05) is 24.6 Å². The smallest absolute Gasteiger partial charge is 0.159 e. The van der Waals surface area contributed by atoms with Crippen molar-refractivity contribution in [1.29, 1.82) is 0 Å². The number of nitrogens with two attached hydrogens (primary N) is 1. The lowest BCUT2D eigenvalue weighted by Gasteiger charge is -2.44. The maximum Gasteiger partial charge on any atom is 0.159 e. The van der Waals surface area contributed by atoms with Gasteiger partial charge in [0, 0.05) is 29.2 Å². The average Bonchev–Trinajstić information content (AvgIpc) is 2.76. The van der Waals surface area contributed by atoms with Crippen LogP contribution in [0, 0.1) is 11.6 Å². The highest BCUT2D eigenvalue weighted by atomic mass is 35.5. The van der Waals surface area contributed by atoms with Gasteiger partial charge in [0.05, 0.1) is 11.1 Å². The van der Waals surface area contributed by atoms with Crippen LogP contribution in [0.25, 0.3) is 10.8 Å². The molecule has 2 aromatic carbocycles. The van der Waals surface area contributed by atoms with Gasteiger partial charge < -0.3 is 10.5 Å². The summed E-state index contributed by atoms with van der Waals surface area (Å²) in [6, 6.07) is 9.76. The Morgan fingerprint density at radius 3 is 2.60 bits per heavy atom. The van der Waals surface area contributed by atoms with Crippen LogP contribution >= 0.6 is 11.6 Å². The monoisotopic (exact) mass is 430 g/mol. The first-order chi connectivity index (χ1) is 14.4. The molecule has 1 saturated carbocycles. The zero-order valence-electron chi connectivity index (χ0n) is 16.9. The van der Waals surface area contributed by atoms with Gasteiger partial charge >= 0.3 is 0 Å². The van der Waals surface area contributed by atoms with E-state index in [0.717, 1.165) is 48.4 Å². The van der Waals surface area contributed by atoms with E-state index in [1.807, 2.05) is 25.1 Å². The molecule has 1 aromatic heterocycles. The lowest BCUT2D eigenvalue weighted by molar-refractivity contribution is 0.103. The highest BCUT2D eigenvalue weighted by molar-refractivity contribution is 6.32. The van der Waals surface area contributed by atoms with E-state index in [9.17, 15) is 8.78 Å². The maximum absolute atomic E-state index is 13.9. The van der Waals surface area contributed by atoms with Crippen LogP contribution in [0.2, 0.25) is 5.02 Å². The number of pyridine rings is 1. The van der Waals surface area contributed by atoms with Gasteiger partial charge in [-0.25, -0.2) is 8.78 Å². The molecule has 158 valence electrons. The fourth-order valence-electron chi connectivity index (χ4n) is 4.65. The first-order valence-electron chi connectivity index (χ1n) is 10.3. The van der Waals surface area contributed by atoms with Crippen molar-refractivity contribution in [1.82, 2.24) is 4.98 Å². The van der Waals surface area contributed by atoms with Crippen LogP contribution < -0.4 is 10.5 Å². The van der Waals surface area contributed by atoms with Gasteiger partial charge in [-0.05, 0) is 73.4 Å². The predicted molar refractivity (Wildman–Crippen MR) is 116 cm³/mol. The van der Waals surface area contributed by atoms with Crippen molar-refractivity contribution in [3.8, 4) is 5.75 Å². The summed E-state index contributed by atoms with van der Waals surface area (Å²) in [6.07, 6.45) is 7.27. The fraction of sp³-hybridized carbons (Fsp3) is 0.375. The van der Waals surface area contributed by atoms with Crippen molar-refractivity contribution < 1.29 is 13.5 Å². The van der Waals surface area contributed by atoms with Crippen molar-refractivity contribution in [2.45, 2.75) is 56.6 Å². The molecular formula is C24H25ClF2N2O. The number of hydrogen-bond donors (Lipinski definition) is 1. The molecule has 30 heavy (non-hydrogen) atoms. The van der Waals surface area contributed by atoms with Crippen LogP contribution in [0.4, 0.5) is 8.78 Å². The lowest BCUT2D eigenvalue weighted by atomic mass is 9.64. The van der Waals surface area contributed by atoms with Crippen molar-refractivity contribution >= 4 is 22.4 Å². The Hall–Kier alpha value is -2.24. The summed E-state index contributed by atoms with van der Waals surface area (Å²) in [6.45, 7) is 2.03. The zero-order chi connectivity index (χ0) is 21.3. The largest absolute Gasteiger partial charge is 0.489 e. The van der Waals surface area contributed by atoms with Crippen molar-refractivity contribution in [3.63, 3.8) is 0 Å². The van der Waals surface area contributed by atoms with Crippen LogP contribution in [0.3, 0.4) is 0 Å². The Bertz CT molecular complexity index is 1050. The highest BCUT2D eigenvalue weighted by Crippen LogP contribution is 2.44. The minimum absolute atomic E-state index is 0.00994. The molecule has 0 aliphatic heterocycles. The van der Waals surface area contributed by atoms with E-state index in [4.69, 9.17) is 22.1 Å². The van der Waals surface area contributed by atoms with Crippen molar-refractivity contribution in [2.24, 2.45) is 5.73 Å². The van der Waals surface area contributed by atoms with E-state index in [-0.39, 0.29) is 17.6 Å². The summed E-state index contributed by atoms with van der Waals surface area (Å²) in [5.41, 5.74) is 6.89. The Balaban J connectivity index is 1.55. The van der Waals surface area contributed by atoms with Gasteiger partial charge in [-0.3, -0.25) is 4.98 Å². The fourth-order valence-corrected chi connectivity index (χ4v) is 4.87. The molecule has 0 saturated heterocycles. The number of ether oxygens (including phenoxy) is 1. The molecule has 0 unspecified atom stereocenters.